The van der Waals surface area contributed by atoms with Crippen molar-refractivity contribution >= 4 is 11.8 Å². The summed E-state index contributed by atoms with van der Waals surface area (Å²) in [7, 11) is 0. The van der Waals surface area contributed by atoms with Crippen molar-refractivity contribution in [3.63, 3.8) is 0 Å². The molecule has 3 nitrogen and oxygen atoms in total. The van der Waals surface area contributed by atoms with Gasteiger partial charge in [0.1, 0.15) is 5.92 Å². The zero-order valence-corrected chi connectivity index (χ0v) is 18.4. The van der Waals surface area contributed by atoms with Gasteiger partial charge in [-0.3, -0.25) is 9.59 Å². The molecule has 0 aromatic carbocycles. The van der Waals surface area contributed by atoms with Crippen LogP contribution in [0.2, 0.25) is 0 Å². The Labute approximate surface area is 167 Å². The minimum atomic E-state index is -0.636. The predicted octanol–water partition coefficient (Wildman–Crippen LogP) is 6.96. The third-order valence-electron chi connectivity index (χ3n) is 4.74. The first-order valence-electron chi connectivity index (χ1n) is 10.9. The molecular weight excluding hydrogens is 336 g/mol. The van der Waals surface area contributed by atoms with Gasteiger partial charge in [-0.1, -0.05) is 75.5 Å². The summed E-state index contributed by atoms with van der Waals surface area (Å²) in [5.74, 6) is -1.09. The molecule has 0 saturated carbocycles. The third-order valence-corrected chi connectivity index (χ3v) is 4.74. The van der Waals surface area contributed by atoms with Gasteiger partial charge in [-0.15, -0.1) is 0 Å². The summed E-state index contributed by atoms with van der Waals surface area (Å²) in [6.45, 7) is 10.5. The lowest BCUT2D eigenvalue weighted by molar-refractivity contribution is -0.150. The number of ether oxygens (including phenoxy) is 1. The summed E-state index contributed by atoms with van der Waals surface area (Å²) in [4.78, 5) is 24.8. The van der Waals surface area contributed by atoms with Gasteiger partial charge in [-0.2, -0.15) is 0 Å². The summed E-state index contributed by atoms with van der Waals surface area (Å²) >= 11 is 0. The zero-order chi connectivity index (χ0) is 20.5. The molecule has 0 heterocycles. The Morgan fingerprint density at radius 1 is 0.889 bits per heavy atom. The van der Waals surface area contributed by atoms with Gasteiger partial charge in [0.25, 0.3) is 0 Å². The van der Waals surface area contributed by atoms with Crippen LogP contribution in [0.1, 0.15) is 105 Å². The number of ketones is 1. The van der Waals surface area contributed by atoms with Gasteiger partial charge in [0, 0.05) is 0 Å². The number of carbonyl (C=O) groups is 2. The smallest absolute Gasteiger partial charge is 0.316 e. The first-order valence-corrected chi connectivity index (χ1v) is 10.9. The van der Waals surface area contributed by atoms with Crippen LogP contribution in [0, 0.1) is 5.92 Å². The molecule has 0 aromatic heterocycles. The van der Waals surface area contributed by atoms with Crippen molar-refractivity contribution in [2.75, 3.05) is 6.61 Å². The van der Waals surface area contributed by atoms with Gasteiger partial charge in [0.15, 0.2) is 5.78 Å². The van der Waals surface area contributed by atoms with E-state index < -0.39 is 5.92 Å². The van der Waals surface area contributed by atoms with Crippen LogP contribution in [0.5, 0.6) is 0 Å². The Balaban J connectivity index is 4.47. The van der Waals surface area contributed by atoms with E-state index in [4.69, 9.17) is 4.74 Å². The average molecular weight is 379 g/mol. The Morgan fingerprint density at radius 3 is 2.04 bits per heavy atom. The first-order chi connectivity index (χ1) is 12.9. The molecule has 0 N–H and O–H groups in total. The van der Waals surface area contributed by atoms with Gasteiger partial charge in [0.2, 0.25) is 0 Å². The molecular formula is C24H42O3. The number of unbranched alkanes of at least 4 members (excludes halogenated alkanes) is 7. The van der Waals surface area contributed by atoms with Gasteiger partial charge in [-0.05, 0) is 53.0 Å². The van der Waals surface area contributed by atoms with Gasteiger partial charge >= 0.3 is 5.97 Å². The van der Waals surface area contributed by atoms with E-state index in [0.717, 1.165) is 31.3 Å². The van der Waals surface area contributed by atoms with Crippen molar-refractivity contribution in [1.29, 1.82) is 0 Å². The number of carbonyl (C=O) groups excluding carboxylic acids is 2. The molecule has 0 radical (unpaired) electrons. The largest absolute Gasteiger partial charge is 0.465 e. The summed E-state index contributed by atoms with van der Waals surface area (Å²) in [5, 5.41) is 0. The van der Waals surface area contributed by atoms with E-state index in [-0.39, 0.29) is 11.8 Å². The molecule has 0 aliphatic heterocycles. The second-order valence-electron chi connectivity index (χ2n) is 7.78. The molecule has 0 aromatic rings. The van der Waals surface area contributed by atoms with E-state index in [2.05, 4.69) is 26.8 Å². The molecule has 156 valence electrons. The quantitative estimate of drug-likeness (QED) is 0.0958. The Morgan fingerprint density at radius 2 is 1.48 bits per heavy atom. The van der Waals surface area contributed by atoms with Crippen LogP contribution >= 0.6 is 0 Å². The highest BCUT2D eigenvalue weighted by Crippen LogP contribution is 2.18. The van der Waals surface area contributed by atoms with Crippen LogP contribution in [-0.4, -0.2) is 18.4 Å². The van der Waals surface area contributed by atoms with Crippen LogP contribution < -0.4 is 0 Å². The molecule has 1 atom stereocenters. The standard InChI is InChI=1S/C24H42O3/c1-6-8-9-10-11-12-13-14-18-22(24(26)27-7-2)23(25)19-21(5)17-15-16-20(3)4/h16,19,22H,6-15,17-18H2,1-5H3/b21-19+. The summed E-state index contributed by atoms with van der Waals surface area (Å²) in [5.41, 5.74) is 2.32. The van der Waals surface area contributed by atoms with Crippen molar-refractivity contribution in [3.8, 4) is 0 Å². The first kappa shape index (κ1) is 25.6. The normalized spacial score (nSPS) is 12.6. The van der Waals surface area contributed by atoms with E-state index in [9.17, 15) is 9.59 Å². The monoisotopic (exact) mass is 378 g/mol. The van der Waals surface area contributed by atoms with Crippen molar-refractivity contribution in [2.45, 2.75) is 105 Å². The van der Waals surface area contributed by atoms with Crippen LogP contribution in [0.3, 0.4) is 0 Å². The number of rotatable bonds is 16. The van der Waals surface area contributed by atoms with Crippen molar-refractivity contribution in [3.05, 3.63) is 23.3 Å². The average Bonchev–Trinajstić information content (AvgIpc) is 2.60. The maximum Gasteiger partial charge on any atom is 0.316 e. The lowest BCUT2D eigenvalue weighted by Crippen LogP contribution is -2.25. The highest BCUT2D eigenvalue weighted by molar-refractivity contribution is 6.05. The van der Waals surface area contributed by atoms with E-state index in [1.54, 1.807) is 13.0 Å². The minimum Gasteiger partial charge on any atom is -0.465 e. The number of allylic oxidation sites excluding steroid dienone is 4. The molecule has 0 saturated heterocycles. The molecule has 0 fully saturated rings. The van der Waals surface area contributed by atoms with E-state index in [1.807, 2.05) is 6.92 Å². The Hall–Kier alpha value is -1.38. The number of hydrogen-bond donors (Lipinski definition) is 0. The van der Waals surface area contributed by atoms with Crippen LogP contribution in [0.4, 0.5) is 0 Å². The molecule has 0 aliphatic carbocycles. The van der Waals surface area contributed by atoms with Crippen molar-refractivity contribution < 1.29 is 14.3 Å². The molecule has 27 heavy (non-hydrogen) atoms. The SMILES string of the molecule is CCCCCCCCCCC(C(=O)/C=C(\C)CCC=C(C)C)C(=O)OCC. The van der Waals surface area contributed by atoms with E-state index in [1.165, 1.54) is 44.1 Å². The fraction of sp³-hybridized carbons (Fsp3) is 0.750. The maximum absolute atomic E-state index is 12.6. The molecule has 0 rings (SSSR count). The fourth-order valence-electron chi connectivity index (χ4n) is 3.11. The van der Waals surface area contributed by atoms with Crippen LogP contribution in [0.25, 0.3) is 0 Å². The predicted molar refractivity (Wildman–Crippen MR) is 115 cm³/mol. The van der Waals surface area contributed by atoms with Crippen molar-refractivity contribution in [1.82, 2.24) is 0 Å². The Kier molecular flexibility index (Phi) is 15.9. The third kappa shape index (κ3) is 14.4. The van der Waals surface area contributed by atoms with Crippen molar-refractivity contribution in [2.24, 2.45) is 5.92 Å². The molecule has 0 bridgehead atoms. The maximum atomic E-state index is 12.6. The van der Waals surface area contributed by atoms with Crippen LogP contribution in [0.15, 0.2) is 23.3 Å². The molecule has 0 aliphatic rings. The fourth-order valence-corrected chi connectivity index (χ4v) is 3.11. The molecule has 1 unspecified atom stereocenters. The van der Waals surface area contributed by atoms with E-state index in [0.29, 0.717) is 13.0 Å². The molecule has 3 heteroatoms. The second-order valence-corrected chi connectivity index (χ2v) is 7.78. The lowest BCUT2D eigenvalue weighted by atomic mass is 9.94. The summed E-state index contributed by atoms with van der Waals surface area (Å²) in [6.07, 6.45) is 15.8. The van der Waals surface area contributed by atoms with Gasteiger partial charge in [0.05, 0.1) is 6.61 Å². The molecule has 0 spiro atoms. The summed E-state index contributed by atoms with van der Waals surface area (Å²) < 4.78 is 5.14. The van der Waals surface area contributed by atoms with E-state index >= 15 is 0 Å². The minimum absolute atomic E-state index is 0.0916. The molecule has 0 amide bonds. The zero-order valence-electron chi connectivity index (χ0n) is 18.4. The van der Waals surface area contributed by atoms with Crippen LogP contribution in [-0.2, 0) is 14.3 Å². The lowest BCUT2D eigenvalue weighted by Gasteiger charge is -2.13. The second kappa shape index (κ2) is 16.8. The van der Waals surface area contributed by atoms with Gasteiger partial charge < -0.3 is 4.74 Å². The number of hydrogen-bond acceptors (Lipinski definition) is 3. The Bertz CT molecular complexity index is 470. The highest BCUT2D eigenvalue weighted by Gasteiger charge is 2.25. The number of esters is 1. The summed E-state index contributed by atoms with van der Waals surface area (Å²) in [6, 6.07) is 0. The van der Waals surface area contributed by atoms with Gasteiger partial charge in [-0.25, -0.2) is 0 Å². The topological polar surface area (TPSA) is 43.4 Å². The highest BCUT2D eigenvalue weighted by atomic mass is 16.5.